The number of aromatic nitrogens is 4. The third-order valence-electron chi connectivity index (χ3n) is 3.70. The number of benzene rings is 1. The predicted octanol–water partition coefficient (Wildman–Crippen LogP) is 4.75. The second kappa shape index (κ2) is 7.77. The van der Waals surface area contributed by atoms with Gasteiger partial charge in [0, 0.05) is 29.7 Å². The van der Waals surface area contributed by atoms with Gasteiger partial charge in [-0.2, -0.15) is 0 Å². The maximum atomic E-state index is 4.78. The summed E-state index contributed by atoms with van der Waals surface area (Å²) in [6.07, 6.45) is 2.75. The zero-order valence-electron chi connectivity index (χ0n) is 13.9. The normalized spacial score (nSPS) is 10.9. The van der Waals surface area contributed by atoms with Gasteiger partial charge in [-0.05, 0) is 12.5 Å². The van der Waals surface area contributed by atoms with Crippen molar-refractivity contribution in [3.8, 4) is 10.6 Å². The minimum atomic E-state index is 0.740. The van der Waals surface area contributed by atoms with Crippen LogP contribution in [0, 0.1) is 6.92 Å². The van der Waals surface area contributed by atoms with Crippen LogP contribution in [0.1, 0.15) is 24.0 Å². The van der Waals surface area contributed by atoms with Crippen LogP contribution in [0.5, 0.6) is 0 Å². The van der Waals surface area contributed by atoms with Crippen molar-refractivity contribution in [2.24, 2.45) is 0 Å². The molecule has 124 valence electrons. The Morgan fingerprint density at radius 3 is 2.88 bits per heavy atom. The van der Waals surface area contributed by atoms with Gasteiger partial charge in [-0.3, -0.25) is 0 Å². The Kier molecular flexibility index (Phi) is 5.48. The van der Waals surface area contributed by atoms with Crippen LogP contribution in [0.3, 0.4) is 0 Å². The number of thioether (sulfide) groups is 1. The minimum Gasteiger partial charge on any atom is -0.302 e. The van der Waals surface area contributed by atoms with E-state index in [2.05, 4.69) is 64.8 Å². The fraction of sp³-hybridized carbons (Fsp3) is 0.278. The van der Waals surface area contributed by atoms with E-state index >= 15 is 0 Å². The van der Waals surface area contributed by atoms with Crippen LogP contribution in [0.15, 0.2) is 47.5 Å². The van der Waals surface area contributed by atoms with Gasteiger partial charge < -0.3 is 4.57 Å². The Bertz CT molecular complexity index is 835. The zero-order chi connectivity index (χ0) is 16.9. The number of allylic oxidation sites excluding steroid dienone is 1. The lowest BCUT2D eigenvalue weighted by Gasteiger charge is -2.05. The summed E-state index contributed by atoms with van der Waals surface area (Å²) < 4.78 is 2.12. The van der Waals surface area contributed by atoms with Crippen molar-refractivity contribution in [3.05, 3.63) is 59.4 Å². The highest BCUT2D eigenvalue weighted by atomic mass is 32.2. The molecule has 0 aliphatic carbocycles. The summed E-state index contributed by atoms with van der Waals surface area (Å²) in [5.74, 6) is 1.79. The number of aryl methyl sites for hydroxylation is 2. The van der Waals surface area contributed by atoms with E-state index in [1.54, 1.807) is 23.1 Å². The summed E-state index contributed by atoms with van der Waals surface area (Å²) >= 11 is 3.37. The molecule has 0 aliphatic heterocycles. The van der Waals surface area contributed by atoms with Gasteiger partial charge >= 0.3 is 0 Å². The average molecular weight is 357 g/mol. The van der Waals surface area contributed by atoms with Crippen molar-refractivity contribution < 1.29 is 0 Å². The van der Waals surface area contributed by atoms with Gasteiger partial charge in [-0.25, -0.2) is 4.98 Å². The molecule has 24 heavy (non-hydrogen) atoms. The predicted molar refractivity (Wildman–Crippen MR) is 101 cm³/mol. The lowest BCUT2D eigenvalue weighted by molar-refractivity contribution is 0.685. The van der Waals surface area contributed by atoms with E-state index < -0.39 is 0 Å². The molecule has 0 fully saturated rings. The Labute approximate surface area is 150 Å². The van der Waals surface area contributed by atoms with Gasteiger partial charge in [-0.1, -0.05) is 49.0 Å². The molecular formula is C18H20N4S2. The first-order valence-electron chi connectivity index (χ1n) is 7.89. The molecule has 0 amide bonds. The SMILES string of the molecule is C=CCn1c(CC)nnc1SCc1csc(-c2ccccc2C)n1. The largest absolute Gasteiger partial charge is 0.302 e. The molecule has 0 radical (unpaired) electrons. The van der Waals surface area contributed by atoms with Crippen LogP contribution in [-0.2, 0) is 18.7 Å². The highest BCUT2D eigenvalue weighted by molar-refractivity contribution is 7.98. The quantitative estimate of drug-likeness (QED) is 0.452. The molecule has 2 aromatic heterocycles. The maximum absolute atomic E-state index is 4.78. The fourth-order valence-corrected chi connectivity index (χ4v) is 4.32. The molecular weight excluding hydrogens is 336 g/mol. The summed E-state index contributed by atoms with van der Waals surface area (Å²) in [6, 6.07) is 8.36. The first-order valence-corrected chi connectivity index (χ1v) is 9.75. The van der Waals surface area contributed by atoms with E-state index in [0.717, 1.165) is 40.4 Å². The molecule has 0 saturated carbocycles. The summed E-state index contributed by atoms with van der Waals surface area (Å²) in [5.41, 5.74) is 3.54. The second-order valence-corrected chi connectivity index (χ2v) is 7.20. The maximum Gasteiger partial charge on any atom is 0.191 e. The smallest absolute Gasteiger partial charge is 0.191 e. The fourth-order valence-electron chi connectivity index (χ4n) is 2.45. The summed E-state index contributed by atoms with van der Waals surface area (Å²) in [5, 5.41) is 12.7. The van der Waals surface area contributed by atoms with E-state index in [1.165, 1.54) is 11.1 Å². The van der Waals surface area contributed by atoms with Gasteiger partial charge in [-0.15, -0.1) is 28.1 Å². The highest BCUT2D eigenvalue weighted by Crippen LogP contribution is 2.29. The third kappa shape index (κ3) is 3.60. The molecule has 0 aliphatic rings. The van der Waals surface area contributed by atoms with Crippen LogP contribution in [-0.4, -0.2) is 19.7 Å². The van der Waals surface area contributed by atoms with Crippen molar-refractivity contribution in [3.63, 3.8) is 0 Å². The lowest BCUT2D eigenvalue weighted by Crippen LogP contribution is -2.02. The molecule has 0 N–H and O–H groups in total. The minimum absolute atomic E-state index is 0.740. The van der Waals surface area contributed by atoms with E-state index in [1.807, 2.05) is 6.08 Å². The lowest BCUT2D eigenvalue weighted by atomic mass is 10.1. The summed E-state index contributed by atoms with van der Waals surface area (Å²) in [4.78, 5) is 4.78. The van der Waals surface area contributed by atoms with E-state index in [4.69, 9.17) is 4.98 Å². The van der Waals surface area contributed by atoms with Crippen LogP contribution in [0.4, 0.5) is 0 Å². The van der Waals surface area contributed by atoms with Crippen molar-refractivity contribution in [2.75, 3.05) is 0 Å². The van der Waals surface area contributed by atoms with E-state index in [9.17, 15) is 0 Å². The Hall–Kier alpha value is -1.92. The van der Waals surface area contributed by atoms with Gasteiger partial charge in [0.2, 0.25) is 0 Å². The number of nitrogens with zero attached hydrogens (tertiary/aromatic N) is 4. The number of hydrogen-bond donors (Lipinski definition) is 0. The second-order valence-electron chi connectivity index (χ2n) is 5.40. The van der Waals surface area contributed by atoms with Gasteiger partial charge in [0.05, 0.1) is 5.69 Å². The van der Waals surface area contributed by atoms with Crippen LogP contribution >= 0.6 is 23.1 Å². The number of hydrogen-bond acceptors (Lipinski definition) is 5. The molecule has 0 atom stereocenters. The molecule has 0 spiro atoms. The van der Waals surface area contributed by atoms with Crippen molar-refractivity contribution in [2.45, 2.75) is 37.7 Å². The first kappa shape index (κ1) is 16.9. The molecule has 6 heteroatoms. The van der Waals surface area contributed by atoms with E-state index in [0.29, 0.717) is 0 Å². The molecule has 2 heterocycles. The zero-order valence-corrected chi connectivity index (χ0v) is 15.5. The average Bonchev–Trinajstić information content (AvgIpc) is 3.21. The Balaban J connectivity index is 1.73. The number of thiazole rings is 1. The van der Waals surface area contributed by atoms with Crippen molar-refractivity contribution >= 4 is 23.1 Å². The van der Waals surface area contributed by atoms with E-state index in [-0.39, 0.29) is 0 Å². The molecule has 0 saturated heterocycles. The molecule has 1 aromatic carbocycles. The van der Waals surface area contributed by atoms with Crippen molar-refractivity contribution in [1.82, 2.24) is 19.7 Å². The monoisotopic (exact) mass is 356 g/mol. The topological polar surface area (TPSA) is 43.6 Å². The highest BCUT2D eigenvalue weighted by Gasteiger charge is 2.12. The van der Waals surface area contributed by atoms with Gasteiger partial charge in [0.1, 0.15) is 10.8 Å². The molecule has 3 rings (SSSR count). The molecule has 3 aromatic rings. The molecule has 0 unspecified atom stereocenters. The summed E-state index contributed by atoms with van der Waals surface area (Å²) in [7, 11) is 0. The van der Waals surface area contributed by atoms with Crippen molar-refractivity contribution in [1.29, 1.82) is 0 Å². The van der Waals surface area contributed by atoms with Crippen LogP contribution < -0.4 is 0 Å². The summed E-state index contributed by atoms with van der Waals surface area (Å²) in [6.45, 7) is 8.77. The van der Waals surface area contributed by atoms with Gasteiger partial charge in [0.25, 0.3) is 0 Å². The first-order chi connectivity index (χ1) is 11.7. The van der Waals surface area contributed by atoms with Crippen LogP contribution in [0.25, 0.3) is 10.6 Å². The standard InChI is InChI=1S/C18H20N4S2/c1-4-10-22-16(5-2)20-21-18(22)24-12-14-11-23-17(19-14)15-9-7-6-8-13(15)3/h4,6-9,11H,1,5,10,12H2,2-3H3. The Morgan fingerprint density at radius 2 is 2.12 bits per heavy atom. The number of rotatable bonds is 7. The van der Waals surface area contributed by atoms with Crippen LogP contribution in [0.2, 0.25) is 0 Å². The molecule has 4 nitrogen and oxygen atoms in total. The Morgan fingerprint density at radius 1 is 1.29 bits per heavy atom. The third-order valence-corrected chi connectivity index (χ3v) is 5.62. The molecule has 0 bridgehead atoms. The van der Waals surface area contributed by atoms with Gasteiger partial charge in [0.15, 0.2) is 5.16 Å².